The van der Waals surface area contributed by atoms with Crippen molar-refractivity contribution in [3.8, 4) is 0 Å². The number of aryl methyl sites for hydroxylation is 1. The molecule has 0 aromatic heterocycles. The summed E-state index contributed by atoms with van der Waals surface area (Å²) in [5, 5.41) is 3.22. The lowest BCUT2D eigenvalue weighted by atomic mass is 10.1. The van der Waals surface area contributed by atoms with Crippen molar-refractivity contribution in [2.45, 2.75) is 13.8 Å². The summed E-state index contributed by atoms with van der Waals surface area (Å²) < 4.78 is 6.04. The van der Waals surface area contributed by atoms with Crippen LogP contribution in [-0.2, 0) is 4.74 Å². The first-order valence-corrected chi connectivity index (χ1v) is 7.41. The first kappa shape index (κ1) is 15.4. The molecule has 0 aliphatic heterocycles. The summed E-state index contributed by atoms with van der Waals surface area (Å²) in [6.45, 7) is 4.09. The highest BCUT2D eigenvalue weighted by Crippen LogP contribution is 2.28. The fourth-order valence-corrected chi connectivity index (χ4v) is 2.19. The summed E-state index contributed by atoms with van der Waals surface area (Å²) in [5.74, 6) is -0.411. The molecule has 0 unspecified atom stereocenters. The van der Waals surface area contributed by atoms with Crippen LogP contribution in [0.25, 0.3) is 0 Å². The number of hydrogen-bond donors (Lipinski definition) is 2. The minimum Gasteiger partial charge on any atom is -0.462 e. The largest absolute Gasteiger partial charge is 0.462 e. The summed E-state index contributed by atoms with van der Waals surface area (Å²) in [5.41, 5.74) is 9.51. The highest BCUT2D eigenvalue weighted by molar-refractivity contribution is 9.10. The van der Waals surface area contributed by atoms with E-state index < -0.39 is 5.97 Å². The highest BCUT2D eigenvalue weighted by atomic mass is 79.9. The van der Waals surface area contributed by atoms with Gasteiger partial charge < -0.3 is 15.8 Å². The molecule has 4 nitrogen and oxygen atoms in total. The molecule has 110 valence electrons. The smallest absolute Gasteiger partial charge is 0.340 e. The Kier molecular flexibility index (Phi) is 4.85. The Morgan fingerprint density at radius 3 is 2.76 bits per heavy atom. The molecule has 0 atom stereocenters. The highest BCUT2D eigenvalue weighted by Gasteiger charge is 2.13. The van der Waals surface area contributed by atoms with Gasteiger partial charge >= 0.3 is 5.97 Å². The number of hydrogen-bond acceptors (Lipinski definition) is 4. The first-order chi connectivity index (χ1) is 10.0. The second-order valence-corrected chi connectivity index (χ2v) is 5.43. The summed E-state index contributed by atoms with van der Waals surface area (Å²) in [6.07, 6.45) is 0. The third-order valence-electron chi connectivity index (χ3n) is 3.04. The lowest BCUT2D eigenvalue weighted by Gasteiger charge is -2.13. The Morgan fingerprint density at radius 2 is 2.10 bits per heavy atom. The van der Waals surface area contributed by atoms with Crippen LogP contribution in [0.4, 0.5) is 17.1 Å². The maximum Gasteiger partial charge on any atom is 0.340 e. The van der Waals surface area contributed by atoms with E-state index in [1.54, 1.807) is 19.1 Å². The molecule has 21 heavy (non-hydrogen) atoms. The predicted octanol–water partition coefficient (Wildman–Crippen LogP) is 4.26. The molecular weight excluding hydrogens is 332 g/mol. The molecule has 0 aliphatic carbocycles. The number of benzene rings is 2. The average molecular weight is 349 g/mol. The zero-order valence-corrected chi connectivity index (χ0v) is 13.5. The van der Waals surface area contributed by atoms with Crippen molar-refractivity contribution >= 4 is 39.0 Å². The molecule has 0 fully saturated rings. The van der Waals surface area contributed by atoms with Crippen LogP contribution in [0.15, 0.2) is 40.9 Å². The molecule has 0 heterocycles. The molecule has 2 aromatic rings. The maximum absolute atomic E-state index is 11.8. The zero-order valence-electron chi connectivity index (χ0n) is 11.9. The van der Waals surface area contributed by atoms with Crippen LogP contribution in [0.5, 0.6) is 0 Å². The van der Waals surface area contributed by atoms with E-state index in [1.807, 2.05) is 31.2 Å². The van der Waals surface area contributed by atoms with E-state index in [1.165, 1.54) is 0 Å². The number of rotatable bonds is 4. The Balaban J connectivity index is 2.30. The van der Waals surface area contributed by atoms with Gasteiger partial charge in [0.15, 0.2) is 0 Å². The fourth-order valence-electron chi connectivity index (χ4n) is 1.94. The van der Waals surface area contributed by atoms with Crippen LogP contribution >= 0.6 is 15.9 Å². The molecule has 3 N–H and O–H groups in total. The molecule has 0 bridgehead atoms. The van der Waals surface area contributed by atoms with Crippen LogP contribution in [0.1, 0.15) is 22.8 Å². The number of nitrogen functional groups attached to an aromatic ring is 1. The molecule has 2 rings (SSSR count). The minimum atomic E-state index is -0.411. The molecule has 0 spiro atoms. The van der Waals surface area contributed by atoms with Gasteiger partial charge in [-0.05, 0) is 49.7 Å². The van der Waals surface area contributed by atoms with Crippen molar-refractivity contribution in [2.75, 3.05) is 17.7 Å². The molecule has 0 radical (unpaired) electrons. The topological polar surface area (TPSA) is 64.3 Å². The number of nitrogens with one attached hydrogen (secondary N) is 1. The summed E-state index contributed by atoms with van der Waals surface area (Å²) >= 11 is 3.46. The standard InChI is InChI=1S/C16H17BrN2O2/c1-3-21-16(20)12-5-4-6-14(15(12)18)19-11-7-8-13(17)10(2)9-11/h4-9,19H,3,18H2,1-2H3. The molecule has 0 amide bonds. The predicted molar refractivity (Wildman–Crippen MR) is 89.0 cm³/mol. The van der Waals surface area contributed by atoms with Gasteiger partial charge in [-0.15, -0.1) is 0 Å². The van der Waals surface area contributed by atoms with Crippen molar-refractivity contribution in [1.82, 2.24) is 0 Å². The number of carbonyl (C=O) groups excluding carboxylic acids is 1. The lowest BCUT2D eigenvalue weighted by Crippen LogP contribution is -2.09. The van der Waals surface area contributed by atoms with E-state index in [0.29, 0.717) is 23.5 Å². The van der Waals surface area contributed by atoms with Gasteiger partial charge in [0.1, 0.15) is 0 Å². The van der Waals surface area contributed by atoms with Crippen molar-refractivity contribution in [1.29, 1.82) is 0 Å². The number of esters is 1. The second-order valence-electron chi connectivity index (χ2n) is 4.58. The third-order valence-corrected chi connectivity index (χ3v) is 3.93. The summed E-state index contributed by atoms with van der Waals surface area (Å²) in [7, 11) is 0. The third kappa shape index (κ3) is 3.55. The normalized spacial score (nSPS) is 10.2. The number of carbonyl (C=O) groups is 1. The number of halogens is 1. The number of para-hydroxylation sites is 1. The van der Waals surface area contributed by atoms with Gasteiger partial charge in [-0.25, -0.2) is 4.79 Å². The van der Waals surface area contributed by atoms with Gasteiger partial charge in [0.25, 0.3) is 0 Å². The monoisotopic (exact) mass is 348 g/mol. The van der Waals surface area contributed by atoms with E-state index in [4.69, 9.17) is 10.5 Å². The Bertz CT molecular complexity index is 671. The minimum absolute atomic E-state index is 0.321. The molecule has 0 saturated carbocycles. The molecule has 2 aromatic carbocycles. The molecule has 0 aliphatic rings. The van der Waals surface area contributed by atoms with Crippen molar-refractivity contribution < 1.29 is 9.53 Å². The van der Waals surface area contributed by atoms with E-state index in [9.17, 15) is 4.79 Å². The quantitative estimate of drug-likeness (QED) is 0.639. The van der Waals surface area contributed by atoms with E-state index in [2.05, 4.69) is 21.2 Å². The number of nitrogens with two attached hydrogens (primary N) is 1. The van der Waals surface area contributed by atoms with Crippen LogP contribution in [0.3, 0.4) is 0 Å². The average Bonchev–Trinajstić information content (AvgIpc) is 2.45. The van der Waals surface area contributed by atoms with Crippen LogP contribution in [-0.4, -0.2) is 12.6 Å². The first-order valence-electron chi connectivity index (χ1n) is 6.61. The number of ether oxygens (including phenoxy) is 1. The molecular formula is C16H17BrN2O2. The number of anilines is 3. The Labute approximate surface area is 132 Å². The van der Waals surface area contributed by atoms with Gasteiger partial charge in [0.2, 0.25) is 0 Å². The lowest BCUT2D eigenvalue weighted by molar-refractivity contribution is 0.0527. The SMILES string of the molecule is CCOC(=O)c1cccc(Nc2ccc(Br)c(C)c2)c1N. The second kappa shape index (κ2) is 6.63. The van der Waals surface area contributed by atoms with Gasteiger partial charge in [0, 0.05) is 10.2 Å². The molecule has 5 heteroatoms. The van der Waals surface area contributed by atoms with Gasteiger partial charge in [-0.2, -0.15) is 0 Å². The Morgan fingerprint density at radius 1 is 1.33 bits per heavy atom. The Hall–Kier alpha value is -2.01. The van der Waals surface area contributed by atoms with Crippen molar-refractivity contribution in [3.05, 3.63) is 52.0 Å². The zero-order chi connectivity index (χ0) is 15.4. The van der Waals surface area contributed by atoms with Crippen molar-refractivity contribution in [3.63, 3.8) is 0 Å². The van der Waals surface area contributed by atoms with Gasteiger partial charge in [-0.1, -0.05) is 22.0 Å². The molecule has 0 saturated heterocycles. The van der Waals surface area contributed by atoms with E-state index in [-0.39, 0.29) is 0 Å². The maximum atomic E-state index is 11.8. The van der Waals surface area contributed by atoms with E-state index in [0.717, 1.165) is 15.7 Å². The fraction of sp³-hybridized carbons (Fsp3) is 0.188. The van der Waals surface area contributed by atoms with Crippen LogP contribution < -0.4 is 11.1 Å². The summed E-state index contributed by atoms with van der Waals surface area (Å²) in [4.78, 5) is 11.8. The van der Waals surface area contributed by atoms with Gasteiger partial charge in [0.05, 0.1) is 23.5 Å². The van der Waals surface area contributed by atoms with Crippen molar-refractivity contribution in [2.24, 2.45) is 0 Å². The summed E-state index contributed by atoms with van der Waals surface area (Å²) in [6, 6.07) is 11.2. The van der Waals surface area contributed by atoms with Gasteiger partial charge in [-0.3, -0.25) is 0 Å². The van der Waals surface area contributed by atoms with Crippen LogP contribution in [0, 0.1) is 6.92 Å². The van der Waals surface area contributed by atoms with Crippen LogP contribution in [0.2, 0.25) is 0 Å². The van der Waals surface area contributed by atoms with E-state index >= 15 is 0 Å².